The first-order valence-electron chi connectivity index (χ1n) is 14.3. The zero-order valence-electron chi connectivity index (χ0n) is 24.3. The molecule has 4 rings (SSSR count). The fourth-order valence-electron chi connectivity index (χ4n) is 5.18. The number of piperidine rings is 1. The van der Waals surface area contributed by atoms with Crippen LogP contribution in [0.2, 0.25) is 0 Å². The summed E-state index contributed by atoms with van der Waals surface area (Å²) in [5, 5.41) is 13.4. The third kappa shape index (κ3) is 7.31. The molecular formula is C31H43N5O3S. The number of urea groups is 1. The summed E-state index contributed by atoms with van der Waals surface area (Å²) in [5.41, 5.74) is 3.92. The number of nitrogens with one attached hydrogen (secondary N) is 3. The molecule has 1 unspecified atom stereocenters. The summed E-state index contributed by atoms with van der Waals surface area (Å²) in [4.78, 5) is 13.2. The highest BCUT2D eigenvalue weighted by Crippen LogP contribution is 2.37. The number of anilines is 2. The van der Waals surface area contributed by atoms with Gasteiger partial charge in [0.1, 0.15) is 5.82 Å². The Labute approximate surface area is 238 Å². The van der Waals surface area contributed by atoms with E-state index in [1.165, 1.54) is 0 Å². The number of amides is 2. The van der Waals surface area contributed by atoms with Crippen molar-refractivity contribution in [3.05, 3.63) is 71.4 Å². The van der Waals surface area contributed by atoms with Gasteiger partial charge >= 0.3 is 6.03 Å². The SMILES string of the molecule is CCCCS(=O)(=O)C(c1cccc(NC(=O)Nc2cc(C(C)(C)C)nn2-c2ccc(C)cc2)c1)C1CCNCC1. The van der Waals surface area contributed by atoms with Crippen LogP contribution in [-0.2, 0) is 15.3 Å². The summed E-state index contributed by atoms with van der Waals surface area (Å²) in [6.07, 6.45) is 3.10. The third-order valence-corrected chi connectivity index (χ3v) is 9.74. The molecule has 9 heteroatoms. The summed E-state index contributed by atoms with van der Waals surface area (Å²) >= 11 is 0. The number of aromatic nitrogens is 2. The Hall–Kier alpha value is -3.17. The van der Waals surface area contributed by atoms with Crippen molar-refractivity contribution in [2.75, 3.05) is 29.5 Å². The van der Waals surface area contributed by atoms with Crippen LogP contribution in [0.1, 0.15) is 75.4 Å². The van der Waals surface area contributed by atoms with E-state index >= 15 is 0 Å². The Morgan fingerprint density at radius 1 is 1.07 bits per heavy atom. The van der Waals surface area contributed by atoms with E-state index in [1.807, 2.05) is 62.4 Å². The van der Waals surface area contributed by atoms with Crippen molar-refractivity contribution in [2.24, 2.45) is 5.92 Å². The van der Waals surface area contributed by atoms with Crippen molar-refractivity contribution in [1.29, 1.82) is 0 Å². The van der Waals surface area contributed by atoms with Gasteiger partial charge < -0.3 is 10.6 Å². The molecule has 1 atom stereocenters. The minimum atomic E-state index is -3.35. The summed E-state index contributed by atoms with van der Waals surface area (Å²) in [6, 6.07) is 16.7. The third-order valence-electron chi connectivity index (χ3n) is 7.45. The highest BCUT2D eigenvalue weighted by atomic mass is 32.2. The number of carbonyl (C=O) groups excluding carboxylic acids is 1. The van der Waals surface area contributed by atoms with E-state index in [1.54, 1.807) is 10.7 Å². The molecule has 1 aliphatic heterocycles. The van der Waals surface area contributed by atoms with E-state index in [0.717, 1.165) is 54.9 Å². The van der Waals surface area contributed by atoms with Gasteiger partial charge in [0.25, 0.3) is 0 Å². The average molecular weight is 566 g/mol. The number of aryl methyl sites for hydroxylation is 1. The largest absolute Gasteiger partial charge is 0.324 e. The molecule has 1 saturated heterocycles. The Bertz CT molecular complexity index is 1400. The van der Waals surface area contributed by atoms with Gasteiger partial charge in [0.05, 0.1) is 22.4 Å². The van der Waals surface area contributed by atoms with Crippen LogP contribution in [0, 0.1) is 12.8 Å². The van der Waals surface area contributed by atoms with Crippen LogP contribution in [-0.4, -0.2) is 43.1 Å². The lowest BCUT2D eigenvalue weighted by atomic mass is 9.90. The highest BCUT2D eigenvalue weighted by Gasteiger charge is 2.35. The molecule has 40 heavy (non-hydrogen) atoms. The summed E-state index contributed by atoms with van der Waals surface area (Å²) in [5.74, 6) is 0.777. The minimum Gasteiger partial charge on any atom is -0.317 e. The Morgan fingerprint density at radius 2 is 1.77 bits per heavy atom. The van der Waals surface area contributed by atoms with Crippen molar-refractivity contribution in [3.63, 3.8) is 0 Å². The lowest BCUT2D eigenvalue weighted by molar-refractivity contribution is 0.262. The Kier molecular flexibility index (Phi) is 9.36. The van der Waals surface area contributed by atoms with Gasteiger partial charge in [-0.2, -0.15) is 5.10 Å². The van der Waals surface area contributed by atoms with E-state index in [9.17, 15) is 13.2 Å². The second-order valence-electron chi connectivity index (χ2n) is 11.8. The van der Waals surface area contributed by atoms with Gasteiger partial charge in [0.15, 0.2) is 9.84 Å². The number of hydrogen-bond donors (Lipinski definition) is 3. The molecule has 2 aromatic carbocycles. The van der Waals surface area contributed by atoms with Gasteiger partial charge in [-0.3, -0.25) is 5.32 Å². The average Bonchev–Trinajstić information content (AvgIpc) is 3.33. The number of nitrogens with zero attached hydrogens (tertiary/aromatic N) is 2. The van der Waals surface area contributed by atoms with E-state index < -0.39 is 21.1 Å². The Morgan fingerprint density at radius 3 is 2.42 bits per heavy atom. The second-order valence-corrected chi connectivity index (χ2v) is 14.1. The molecule has 1 aromatic heterocycles. The molecule has 3 N–H and O–H groups in total. The van der Waals surface area contributed by atoms with Crippen LogP contribution < -0.4 is 16.0 Å². The lowest BCUT2D eigenvalue weighted by Crippen LogP contribution is -2.34. The molecule has 0 spiro atoms. The molecule has 2 heterocycles. The number of carbonyl (C=O) groups is 1. The quantitative estimate of drug-likeness (QED) is 0.279. The van der Waals surface area contributed by atoms with Crippen molar-refractivity contribution >= 4 is 27.4 Å². The summed E-state index contributed by atoms with van der Waals surface area (Å²) in [6.45, 7) is 11.9. The number of unbranched alkanes of at least 4 members (excludes halogenated alkanes) is 1. The van der Waals surface area contributed by atoms with Crippen molar-refractivity contribution in [2.45, 2.75) is 71.0 Å². The van der Waals surface area contributed by atoms with Crippen LogP contribution in [0.25, 0.3) is 5.69 Å². The molecule has 1 fully saturated rings. The van der Waals surface area contributed by atoms with Crippen molar-refractivity contribution in [3.8, 4) is 5.69 Å². The highest BCUT2D eigenvalue weighted by molar-refractivity contribution is 7.91. The first-order chi connectivity index (χ1) is 19.0. The molecule has 0 bridgehead atoms. The normalized spacial score (nSPS) is 15.5. The number of benzene rings is 2. The molecule has 0 radical (unpaired) electrons. The monoisotopic (exact) mass is 565 g/mol. The van der Waals surface area contributed by atoms with Gasteiger partial charge in [0, 0.05) is 17.2 Å². The first kappa shape index (κ1) is 29.8. The van der Waals surface area contributed by atoms with Crippen LogP contribution >= 0.6 is 0 Å². The lowest BCUT2D eigenvalue weighted by Gasteiger charge is -2.31. The van der Waals surface area contributed by atoms with E-state index in [0.29, 0.717) is 17.9 Å². The predicted molar refractivity (Wildman–Crippen MR) is 163 cm³/mol. The van der Waals surface area contributed by atoms with E-state index in [-0.39, 0.29) is 17.1 Å². The number of sulfone groups is 1. The summed E-state index contributed by atoms with van der Waals surface area (Å²) < 4.78 is 28.8. The molecule has 2 amide bonds. The molecule has 1 aliphatic rings. The molecule has 3 aromatic rings. The van der Waals surface area contributed by atoms with Gasteiger partial charge in [-0.05, 0) is 75.0 Å². The minimum absolute atomic E-state index is 0.0480. The van der Waals surface area contributed by atoms with Gasteiger partial charge in [-0.1, -0.05) is 63.9 Å². The summed E-state index contributed by atoms with van der Waals surface area (Å²) in [7, 11) is -3.35. The number of hydrogen-bond acceptors (Lipinski definition) is 5. The maximum Gasteiger partial charge on any atom is 0.324 e. The van der Waals surface area contributed by atoms with Crippen molar-refractivity contribution < 1.29 is 13.2 Å². The van der Waals surface area contributed by atoms with Crippen molar-refractivity contribution in [1.82, 2.24) is 15.1 Å². The zero-order valence-corrected chi connectivity index (χ0v) is 25.1. The fraction of sp³-hybridized carbons (Fsp3) is 0.484. The van der Waals surface area contributed by atoms with E-state index in [4.69, 9.17) is 5.10 Å². The van der Waals surface area contributed by atoms with Crippen LogP contribution in [0.4, 0.5) is 16.3 Å². The van der Waals surface area contributed by atoms with Crippen LogP contribution in [0.15, 0.2) is 54.6 Å². The zero-order chi connectivity index (χ0) is 28.9. The van der Waals surface area contributed by atoms with Gasteiger partial charge in [0.2, 0.25) is 0 Å². The maximum atomic E-state index is 13.5. The second kappa shape index (κ2) is 12.6. The fourth-order valence-corrected chi connectivity index (χ4v) is 7.55. The van der Waals surface area contributed by atoms with Crippen LogP contribution in [0.3, 0.4) is 0 Å². The Balaban J connectivity index is 1.58. The van der Waals surface area contributed by atoms with E-state index in [2.05, 4.69) is 36.7 Å². The van der Waals surface area contributed by atoms with Crippen LogP contribution in [0.5, 0.6) is 0 Å². The maximum absolute atomic E-state index is 13.5. The topological polar surface area (TPSA) is 105 Å². The molecule has 0 saturated carbocycles. The van der Waals surface area contributed by atoms with Gasteiger partial charge in [-0.25, -0.2) is 17.9 Å². The van der Waals surface area contributed by atoms with Gasteiger partial charge in [-0.15, -0.1) is 0 Å². The molecule has 0 aliphatic carbocycles. The molecular weight excluding hydrogens is 522 g/mol. The molecule has 216 valence electrons. The number of rotatable bonds is 9. The smallest absolute Gasteiger partial charge is 0.317 e. The first-order valence-corrected chi connectivity index (χ1v) is 16.0. The molecule has 8 nitrogen and oxygen atoms in total. The predicted octanol–water partition coefficient (Wildman–Crippen LogP) is 6.38. The standard InChI is InChI=1S/C31H43N5O3S/c1-6-7-19-40(38,39)29(23-15-17-32-18-16-23)24-9-8-10-25(20-24)33-30(37)34-28-21-27(31(3,4)5)35-36(28)26-13-11-22(2)12-14-26/h8-14,20-21,23,29,32H,6-7,15-19H2,1-5H3,(H2,33,34,37).